The van der Waals surface area contributed by atoms with Crippen LogP contribution < -0.4 is 5.32 Å². The minimum atomic E-state index is -2.97. The highest BCUT2D eigenvalue weighted by molar-refractivity contribution is 5.84. The van der Waals surface area contributed by atoms with Gasteiger partial charge in [-0.1, -0.05) is 24.3 Å². The van der Waals surface area contributed by atoms with Crippen LogP contribution in [0.3, 0.4) is 0 Å². The van der Waals surface area contributed by atoms with Gasteiger partial charge in [0, 0.05) is 43.8 Å². The molecular formula is C20H25F2N3O2. The average Bonchev–Trinajstić information content (AvgIpc) is 2.57. The molecular weight excluding hydrogens is 352 g/mol. The number of likely N-dealkylation sites (tertiary alicyclic amines) is 1. The second-order valence-corrected chi connectivity index (χ2v) is 7.96. The number of hydrogen-bond donors (Lipinski definition) is 1. The highest BCUT2D eigenvalue weighted by atomic mass is 19.3. The van der Waals surface area contributed by atoms with Gasteiger partial charge in [-0.05, 0) is 31.7 Å². The molecule has 0 bridgehead atoms. The highest BCUT2D eigenvalue weighted by Gasteiger charge is 2.45. The van der Waals surface area contributed by atoms with Gasteiger partial charge in [0.1, 0.15) is 11.6 Å². The van der Waals surface area contributed by atoms with Crippen LogP contribution in [0.4, 0.5) is 13.6 Å². The Labute approximate surface area is 157 Å². The van der Waals surface area contributed by atoms with Crippen LogP contribution >= 0.6 is 0 Å². The summed E-state index contributed by atoms with van der Waals surface area (Å²) in [5.41, 5.74) is 0.247. The van der Waals surface area contributed by atoms with E-state index in [9.17, 15) is 13.6 Å². The lowest BCUT2D eigenvalue weighted by atomic mass is 9.99. The molecule has 1 fully saturated rings. The zero-order chi connectivity index (χ0) is 19.7. The molecule has 1 N–H and O–H groups in total. The summed E-state index contributed by atoms with van der Waals surface area (Å²) >= 11 is 0. The average molecular weight is 377 g/mol. The van der Waals surface area contributed by atoms with Gasteiger partial charge < -0.3 is 10.1 Å². The van der Waals surface area contributed by atoms with Gasteiger partial charge in [-0.25, -0.2) is 13.6 Å². The summed E-state index contributed by atoms with van der Waals surface area (Å²) in [6, 6.07) is 6.58. The normalized spacial score (nSPS) is 20.4. The van der Waals surface area contributed by atoms with Crippen LogP contribution in [0, 0.1) is 0 Å². The number of aromatic nitrogens is 1. The maximum Gasteiger partial charge on any atom is 0.408 e. The Morgan fingerprint density at radius 2 is 2.07 bits per heavy atom. The Balaban J connectivity index is 1.71. The molecule has 1 aliphatic rings. The number of carbonyl (C=O) groups is 1. The van der Waals surface area contributed by atoms with Crippen molar-refractivity contribution in [1.82, 2.24) is 15.2 Å². The Hall–Kier alpha value is -2.28. The predicted molar refractivity (Wildman–Crippen MR) is 99.7 cm³/mol. The Morgan fingerprint density at radius 1 is 1.33 bits per heavy atom. The molecule has 2 aromatic rings. The molecule has 1 atom stereocenters. The molecule has 7 heteroatoms. The number of halogens is 2. The highest BCUT2D eigenvalue weighted by Crippen LogP contribution is 2.30. The van der Waals surface area contributed by atoms with Crippen LogP contribution in [-0.2, 0) is 11.3 Å². The first kappa shape index (κ1) is 19.5. The summed E-state index contributed by atoms with van der Waals surface area (Å²) in [4.78, 5) is 18.1. The maximum atomic E-state index is 14.3. The number of amides is 1. The van der Waals surface area contributed by atoms with E-state index < -0.39 is 23.7 Å². The smallest absolute Gasteiger partial charge is 0.408 e. The molecule has 3 rings (SSSR count). The number of alkyl carbamates (subject to hydrolysis) is 1. The first-order valence-electron chi connectivity index (χ1n) is 9.05. The number of pyridine rings is 1. The fraction of sp³-hybridized carbons (Fsp3) is 0.500. The van der Waals surface area contributed by atoms with E-state index in [1.54, 1.807) is 33.2 Å². The number of alkyl halides is 2. The van der Waals surface area contributed by atoms with E-state index in [2.05, 4.69) is 10.3 Å². The van der Waals surface area contributed by atoms with Crippen LogP contribution in [0.15, 0.2) is 36.7 Å². The standard InChI is InChI=1S/C20H25F2N3O2/c1-19(2,3)27-18(26)24-17-13-25(9-8-20(17,21)22)12-15-11-23-10-14-6-4-5-7-16(14)15/h4-7,10-11,17H,8-9,12-13H2,1-3H3,(H,24,26)/t17-/m0/s1. The molecule has 146 valence electrons. The Morgan fingerprint density at radius 3 is 2.81 bits per heavy atom. The third-order valence-corrected chi connectivity index (χ3v) is 4.55. The van der Waals surface area contributed by atoms with E-state index in [-0.39, 0.29) is 19.5 Å². The molecule has 5 nitrogen and oxygen atoms in total. The molecule has 1 aromatic carbocycles. The molecule has 1 amide bonds. The van der Waals surface area contributed by atoms with Gasteiger partial charge in [0.15, 0.2) is 0 Å². The minimum absolute atomic E-state index is 0.0511. The monoisotopic (exact) mass is 377 g/mol. The second-order valence-electron chi connectivity index (χ2n) is 7.96. The Kier molecular flexibility index (Phi) is 5.33. The number of fused-ring (bicyclic) bond motifs is 1. The van der Waals surface area contributed by atoms with Gasteiger partial charge >= 0.3 is 6.09 Å². The number of ether oxygens (including phenoxy) is 1. The van der Waals surface area contributed by atoms with Crippen molar-refractivity contribution in [3.05, 3.63) is 42.2 Å². The third kappa shape index (κ3) is 4.91. The van der Waals surface area contributed by atoms with Crippen LogP contribution in [0.25, 0.3) is 10.8 Å². The lowest BCUT2D eigenvalue weighted by molar-refractivity contribution is -0.0858. The van der Waals surface area contributed by atoms with Crippen molar-refractivity contribution in [3.8, 4) is 0 Å². The van der Waals surface area contributed by atoms with E-state index in [0.717, 1.165) is 16.3 Å². The van der Waals surface area contributed by atoms with Crippen molar-refractivity contribution >= 4 is 16.9 Å². The van der Waals surface area contributed by atoms with E-state index in [0.29, 0.717) is 6.54 Å². The molecule has 0 aliphatic carbocycles. The number of benzene rings is 1. The van der Waals surface area contributed by atoms with E-state index in [1.165, 1.54) is 0 Å². The number of rotatable bonds is 3. The van der Waals surface area contributed by atoms with Gasteiger partial charge in [-0.15, -0.1) is 0 Å². The van der Waals surface area contributed by atoms with E-state index >= 15 is 0 Å². The number of hydrogen-bond acceptors (Lipinski definition) is 4. The van der Waals surface area contributed by atoms with Gasteiger partial charge in [-0.2, -0.15) is 0 Å². The zero-order valence-electron chi connectivity index (χ0n) is 15.8. The van der Waals surface area contributed by atoms with Crippen molar-refractivity contribution < 1.29 is 18.3 Å². The summed E-state index contributed by atoms with van der Waals surface area (Å²) < 4.78 is 33.8. The number of nitrogens with zero attached hydrogens (tertiary/aromatic N) is 2. The molecule has 1 aliphatic heterocycles. The lowest BCUT2D eigenvalue weighted by Gasteiger charge is -2.38. The largest absolute Gasteiger partial charge is 0.444 e. The molecule has 1 saturated heterocycles. The predicted octanol–water partition coefficient (Wildman–Crippen LogP) is 3.97. The second kappa shape index (κ2) is 7.38. The van der Waals surface area contributed by atoms with Crippen LogP contribution in [-0.4, -0.2) is 46.6 Å². The van der Waals surface area contributed by atoms with Crippen molar-refractivity contribution in [2.45, 2.75) is 51.3 Å². The number of nitrogens with one attached hydrogen (secondary N) is 1. The number of carbonyl (C=O) groups excluding carboxylic acids is 1. The first-order valence-corrected chi connectivity index (χ1v) is 9.05. The van der Waals surface area contributed by atoms with Crippen molar-refractivity contribution in [2.75, 3.05) is 13.1 Å². The first-order chi connectivity index (χ1) is 12.6. The maximum absolute atomic E-state index is 14.3. The summed E-state index contributed by atoms with van der Waals surface area (Å²) in [6.07, 6.45) is 2.42. The summed E-state index contributed by atoms with van der Waals surface area (Å²) in [5.74, 6) is -2.97. The molecule has 0 saturated carbocycles. The van der Waals surface area contributed by atoms with Gasteiger partial charge in [-0.3, -0.25) is 9.88 Å². The van der Waals surface area contributed by atoms with Gasteiger partial charge in [0.2, 0.25) is 0 Å². The van der Waals surface area contributed by atoms with Crippen molar-refractivity contribution in [2.24, 2.45) is 0 Å². The van der Waals surface area contributed by atoms with Crippen LogP contribution in [0.5, 0.6) is 0 Å². The zero-order valence-corrected chi connectivity index (χ0v) is 15.8. The van der Waals surface area contributed by atoms with Crippen LogP contribution in [0.2, 0.25) is 0 Å². The van der Waals surface area contributed by atoms with Gasteiger partial charge in [0.05, 0.1) is 0 Å². The molecule has 0 unspecified atom stereocenters. The lowest BCUT2D eigenvalue weighted by Crippen LogP contribution is -2.58. The molecule has 2 heterocycles. The minimum Gasteiger partial charge on any atom is -0.444 e. The molecule has 0 spiro atoms. The van der Waals surface area contributed by atoms with Crippen molar-refractivity contribution in [3.63, 3.8) is 0 Å². The number of piperidine rings is 1. The molecule has 1 aromatic heterocycles. The third-order valence-electron chi connectivity index (χ3n) is 4.55. The van der Waals surface area contributed by atoms with Crippen LogP contribution in [0.1, 0.15) is 32.8 Å². The van der Waals surface area contributed by atoms with Crippen molar-refractivity contribution in [1.29, 1.82) is 0 Å². The summed E-state index contributed by atoms with van der Waals surface area (Å²) in [5, 5.41) is 4.42. The summed E-state index contributed by atoms with van der Waals surface area (Å²) in [7, 11) is 0. The van der Waals surface area contributed by atoms with E-state index in [1.807, 2.05) is 29.2 Å². The fourth-order valence-corrected chi connectivity index (χ4v) is 3.26. The SMILES string of the molecule is CC(C)(C)OC(=O)N[C@H]1CN(Cc2cncc3ccccc23)CCC1(F)F. The summed E-state index contributed by atoms with van der Waals surface area (Å²) in [6.45, 7) is 5.90. The fourth-order valence-electron chi connectivity index (χ4n) is 3.26. The topological polar surface area (TPSA) is 54.5 Å². The van der Waals surface area contributed by atoms with E-state index in [4.69, 9.17) is 4.74 Å². The molecule has 0 radical (unpaired) electrons. The quantitative estimate of drug-likeness (QED) is 0.879. The Bertz CT molecular complexity index is 815. The van der Waals surface area contributed by atoms with Gasteiger partial charge in [0.25, 0.3) is 5.92 Å². The molecule has 27 heavy (non-hydrogen) atoms.